The van der Waals surface area contributed by atoms with E-state index in [-0.39, 0.29) is 11.7 Å². The molecule has 3 aromatic carbocycles. The number of primary amides is 1. The Morgan fingerprint density at radius 3 is 2.65 bits per heavy atom. The topological polar surface area (TPSA) is 93.4 Å². The van der Waals surface area contributed by atoms with Gasteiger partial charge in [-0.25, -0.2) is 18.7 Å². The number of aromatic nitrogens is 2. The van der Waals surface area contributed by atoms with Gasteiger partial charge in [-0.15, -0.1) is 0 Å². The SMILES string of the molecule is CN1CC[C@@H](Oc2cc3ncnc(Nc4cccc(-c5c(F)cccc5F)c4)c3cc2C=CC(N)=O)C1. The number of benzene rings is 3. The van der Waals surface area contributed by atoms with E-state index in [4.69, 9.17) is 10.5 Å². The summed E-state index contributed by atoms with van der Waals surface area (Å²) in [6, 6.07) is 14.2. The fraction of sp³-hybridized carbons (Fsp3) is 0.179. The lowest BCUT2D eigenvalue weighted by Crippen LogP contribution is -2.21. The second kappa shape index (κ2) is 10.3. The number of anilines is 2. The van der Waals surface area contributed by atoms with E-state index in [9.17, 15) is 13.6 Å². The zero-order chi connectivity index (χ0) is 25.9. The number of rotatable bonds is 7. The average Bonchev–Trinajstić information content (AvgIpc) is 3.27. The second-order valence-corrected chi connectivity index (χ2v) is 8.96. The quantitative estimate of drug-likeness (QED) is 0.350. The number of amides is 1. The highest BCUT2D eigenvalue weighted by atomic mass is 19.1. The van der Waals surface area contributed by atoms with Crippen molar-refractivity contribution in [2.45, 2.75) is 12.5 Å². The Hall–Kier alpha value is -4.37. The number of carbonyl (C=O) groups excluding carboxylic acids is 1. The monoisotopic (exact) mass is 501 g/mol. The molecule has 0 saturated carbocycles. The second-order valence-electron chi connectivity index (χ2n) is 8.96. The van der Waals surface area contributed by atoms with Crippen LogP contribution in [-0.2, 0) is 4.79 Å². The Morgan fingerprint density at radius 2 is 1.92 bits per heavy atom. The molecule has 3 N–H and O–H groups in total. The lowest BCUT2D eigenvalue weighted by molar-refractivity contribution is -0.113. The molecule has 2 heterocycles. The molecule has 0 unspecified atom stereocenters. The minimum absolute atomic E-state index is 0.0177. The lowest BCUT2D eigenvalue weighted by Gasteiger charge is -2.17. The van der Waals surface area contributed by atoms with Gasteiger partial charge in [0.25, 0.3) is 0 Å². The maximum absolute atomic E-state index is 14.3. The number of carbonyl (C=O) groups is 1. The van der Waals surface area contributed by atoms with Crippen LogP contribution in [0.25, 0.3) is 28.1 Å². The van der Waals surface area contributed by atoms with Gasteiger partial charge in [0.15, 0.2) is 0 Å². The molecule has 37 heavy (non-hydrogen) atoms. The molecule has 0 spiro atoms. The Morgan fingerprint density at radius 1 is 1.14 bits per heavy atom. The molecule has 1 saturated heterocycles. The predicted octanol–water partition coefficient (Wildman–Crippen LogP) is 4.90. The molecule has 1 fully saturated rings. The summed E-state index contributed by atoms with van der Waals surface area (Å²) in [4.78, 5) is 22.4. The van der Waals surface area contributed by atoms with Crippen LogP contribution in [0.15, 0.2) is 67.0 Å². The Labute approximate surface area is 212 Å². The summed E-state index contributed by atoms with van der Waals surface area (Å²) < 4.78 is 35.0. The largest absolute Gasteiger partial charge is 0.488 e. The van der Waals surface area contributed by atoms with E-state index >= 15 is 0 Å². The molecule has 4 aromatic rings. The third kappa shape index (κ3) is 5.41. The minimum atomic E-state index is -0.642. The van der Waals surface area contributed by atoms with Crippen LogP contribution in [-0.4, -0.2) is 47.0 Å². The third-order valence-corrected chi connectivity index (χ3v) is 6.21. The first kappa shape index (κ1) is 24.3. The summed E-state index contributed by atoms with van der Waals surface area (Å²) in [5.74, 6) is -0.788. The van der Waals surface area contributed by atoms with Crippen molar-refractivity contribution < 1.29 is 18.3 Å². The van der Waals surface area contributed by atoms with Gasteiger partial charge in [-0.2, -0.15) is 0 Å². The van der Waals surface area contributed by atoms with Gasteiger partial charge in [0.2, 0.25) is 5.91 Å². The number of nitrogens with zero attached hydrogens (tertiary/aromatic N) is 3. The van der Waals surface area contributed by atoms with Gasteiger partial charge in [-0.1, -0.05) is 18.2 Å². The number of nitrogens with two attached hydrogens (primary N) is 1. The molecule has 0 aliphatic carbocycles. The first-order chi connectivity index (χ1) is 17.9. The van der Waals surface area contributed by atoms with Crippen molar-refractivity contribution in [3.63, 3.8) is 0 Å². The number of likely N-dealkylation sites (tertiary alicyclic amines) is 1. The molecular weight excluding hydrogens is 476 g/mol. The van der Waals surface area contributed by atoms with Gasteiger partial charge in [-0.3, -0.25) is 4.79 Å². The van der Waals surface area contributed by atoms with Crippen LogP contribution in [0.2, 0.25) is 0 Å². The summed E-state index contributed by atoms with van der Waals surface area (Å²) >= 11 is 0. The number of hydrogen-bond acceptors (Lipinski definition) is 6. The highest BCUT2D eigenvalue weighted by molar-refractivity contribution is 5.96. The lowest BCUT2D eigenvalue weighted by atomic mass is 10.0. The number of hydrogen-bond donors (Lipinski definition) is 2. The Balaban J connectivity index is 1.52. The number of nitrogens with one attached hydrogen (secondary N) is 1. The van der Waals surface area contributed by atoms with E-state index in [2.05, 4.69) is 20.2 Å². The summed E-state index contributed by atoms with van der Waals surface area (Å²) in [7, 11) is 2.04. The summed E-state index contributed by atoms with van der Waals surface area (Å²) in [6.07, 6.45) is 5.22. The summed E-state index contributed by atoms with van der Waals surface area (Å²) in [6.45, 7) is 1.74. The molecule has 1 atom stereocenters. The van der Waals surface area contributed by atoms with E-state index in [0.717, 1.165) is 19.5 Å². The van der Waals surface area contributed by atoms with Crippen LogP contribution in [0.3, 0.4) is 0 Å². The van der Waals surface area contributed by atoms with Crippen molar-refractivity contribution >= 4 is 34.4 Å². The predicted molar refractivity (Wildman–Crippen MR) is 139 cm³/mol. The van der Waals surface area contributed by atoms with Crippen LogP contribution in [0.4, 0.5) is 20.3 Å². The summed E-state index contributed by atoms with van der Waals surface area (Å²) in [5, 5.41) is 3.90. The number of halogens is 2. The van der Waals surface area contributed by atoms with Crippen molar-refractivity contribution in [2.75, 3.05) is 25.5 Å². The van der Waals surface area contributed by atoms with Gasteiger partial charge >= 0.3 is 0 Å². The first-order valence-corrected chi connectivity index (χ1v) is 11.8. The standard InChI is InChI=1S/C28H25F2N5O2/c1-35-11-10-20(15-35)37-25-14-24-21(13-17(25)8-9-26(31)36)28(33-16-32-24)34-19-5-2-4-18(12-19)27-22(29)6-3-7-23(27)30/h2-9,12-14,16,20H,10-11,15H2,1H3,(H2,31,36)(H,32,33,34)/t20-/m1/s1. The van der Waals surface area contributed by atoms with Gasteiger partial charge < -0.3 is 20.7 Å². The molecule has 0 bridgehead atoms. The van der Waals surface area contributed by atoms with E-state index in [1.807, 2.05) is 19.2 Å². The smallest absolute Gasteiger partial charge is 0.241 e. The van der Waals surface area contributed by atoms with Crippen molar-refractivity contribution in [1.82, 2.24) is 14.9 Å². The molecule has 1 aliphatic rings. The summed E-state index contributed by atoms with van der Waals surface area (Å²) in [5.41, 5.74) is 7.50. The highest BCUT2D eigenvalue weighted by Gasteiger charge is 2.22. The zero-order valence-corrected chi connectivity index (χ0v) is 20.1. The molecular formula is C28H25F2N5O2. The van der Waals surface area contributed by atoms with E-state index in [0.29, 0.717) is 39.3 Å². The van der Waals surface area contributed by atoms with Crippen LogP contribution in [0, 0.1) is 11.6 Å². The normalized spacial score (nSPS) is 15.9. The molecule has 1 amide bonds. The average molecular weight is 502 g/mol. The molecule has 9 heteroatoms. The first-order valence-electron chi connectivity index (χ1n) is 11.8. The van der Waals surface area contributed by atoms with Crippen LogP contribution in [0.5, 0.6) is 5.75 Å². The van der Waals surface area contributed by atoms with Gasteiger partial charge in [0.05, 0.1) is 11.1 Å². The van der Waals surface area contributed by atoms with Crippen LogP contribution >= 0.6 is 0 Å². The van der Waals surface area contributed by atoms with Crippen molar-refractivity contribution in [2.24, 2.45) is 5.73 Å². The maximum Gasteiger partial charge on any atom is 0.241 e. The van der Waals surface area contributed by atoms with Gasteiger partial charge in [-0.05, 0) is 55.4 Å². The highest BCUT2D eigenvalue weighted by Crippen LogP contribution is 2.33. The minimum Gasteiger partial charge on any atom is -0.488 e. The number of fused-ring (bicyclic) bond motifs is 1. The molecule has 0 radical (unpaired) electrons. The molecule has 188 valence electrons. The van der Waals surface area contributed by atoms with Crippen molar-refractivity contribution in [1.29, 1.82) is 0 Å². The molecule has 7 nitrogen and oxygen atoms in total. The fourth-order valence-electron chi connectivity index (χ4n) is 4.44. The third-order valence-electron chi connectivity index (χ3n) is 6.21. The Kier molecular flexibility index (Phi) is 6.78. The van der Waals surface area contributed by atoms with E-state index in [1.165, 1.54) is 30.6 Å². The van der Waals surface area contributed by atoms with Crippen LogP contribution < -0.4 is 15.8 Å². The van der Waals surface area contributed by atoms with Crippen molar-refractivity contribution in [3.05, 3.63) is 84.2 Å². The van der Waals surface area contributed by atoms with Gasteiger partial charge in [0, 0.05) is 41.9 Å². The zero-order valence-electron chi connectivity index (χ0n) is 20.1. The Bertz CT molecular complexity index is 1490. The number of likely N-dealkylation sites (N-methyl/N-ethyl adjacent to an activating group) is 1. The molecule has 1 aliphatic heterocycles. The van der Waals surface area contributed by atoms with E-state index in [1.54, 1.807) is 30.3 Å². The molecule has 5 rings (SSSR count). The van der Waals surface area contributed by atoms with Crippen LogP contribution in [0.1, 0.15) is 12.0 Å². The van der Waals surface area contributed by atoms with Crippen molar-refractivity contribution in [3.8, 4) is 16.9 Å². The van der Waals surface area contributed by atoms with Gasteiger partial charge in [0.1, 0.15) is 35.6 Å². The van der Waals surface area contributed by atoms with E-state index < -0.39 is 17.5 Å². The number of ether oxygens (including phenoxy) is 1. The molecule has 1 aromatic heterocycles. The maximum atomic E-state index is 14.3. The fourth-order valence-corrected chi connectivity index (χ4v) is 4.44.